The van der Waals surface area contributed by atoms with Crippen LogP contribution in [-0.4, -0.2) is 60.4 Å². The molecule has 2 nitrogen and oxygen atoms in total. The lowest BCUT2D eigenvalue weighted by atomic mass is 10.4. The predicted molar refractivity (Wildman–Crippen MR) is 61.8 cm³/mol. The fourth-order valence-corrected chi connectivity index (χ4v) is 2.10. The summed E-state index contributed by atoms with van der Waals surface area (Å²) in [6, 6.07) is 0. The van der Waals surface area contributed by atoms with E-state index < -0.39 is 8.24 Å². The highest BCUT2D eigenvalue weighted by molar-refractivity contribution is 6.77. The molecule has 0 aliphatic heterocycles. The van der Waals surface area contributed by atoms with Crippen LogP contribution in [0.5, 0.6) is 0 Å². The minimum Gasteiger partial charge on any atom is -0.414 e. The largest absolute Gasteiger partial charge is 0.414 e. The van der Waals surface area contributed by atoms with E-state index >= 15 is 0 Å². The van der Waals surface area contributed by atoms with Crippen molar-refractivity contribution < 1.29 is 0 Å². The van der Waals surface area contributed by atoms with Crippen molar-refractivity contribution >= 4 is 24.7 Å². The van der Waals surface area contributed by atoms with Gasteiger partial charge in [-0.05, 0) is 33.6 Å². The van der Waals surface area contributed by atoms with Gasteiger partial charge in [-0.3, -0.25) is 0 Å². The smallest absolute Gasteiger partial charge is 0.314 e. The molecular weight excluding hydrogens is 179 g/mol. The van der Waals surface area contributed by atoms with Crippen molar-refractivity contribution in [3.8, 4) is 0 Å². The van der Waals surface area contributed by atoms with Gasteiger partial charge in [-0.1, -0.05) is 19.6 Å². The molecule has 0 N–H and O–H groups in total. The Bertz CT molecular complexity index is 123. The quantitative estimate of drug-likeness (QED) is 0.603. The molecule has 0 bridgehead atoms. The lowest BCUT2D eigenvalue weighted by molar-refractivity contribution is 0.388. The second kappa shape index (κ2) is 5.41. The molecule has 0 saturated heterocycles. The first kappa shape index (κ1) is 12.7. The molecule has 12 heavy (non-hydrogen) atoms. The molecule has 0 amide bonds. The fourth-order valence-electron chi connectivity index (χ4n) is 0.960. The van der Waals surface area contributed by atoms with Crippen LogP contribution in [0.1, 0.15) is 6.42 Å². The maximum absolute atomic E-state index is 2.68. The summed E-state index contributed by atoms with van der Waals surface area (Å²) in [4.78, 5) is 2.26. The summed E-state index contributed by atoms with van der Waals surface area (Å²) >= 11 is 1.23. The Hall–Kier alpha value is 0.669. The molecule has 4 heteroatoms. The summed E-state index contributed by atoms with van der Waals surface area (Å²) in [6.45, 7) is 9.81. The zero-order valence-electron chi connectivity index (χ0n) is 9.52. The van der Waals surface area contributed by atoms with Crippen molar-refractivity contribution in [1.29, 1.82) is 0 Å². The molecule has 0 aromatic rings. The van der Waals surface area contributed by atoms with Crippen molar-refractivity contribution in [2.75, 3.05) is 27.2 Å². The highest BCUT2D eigenvalue weighted by atomic mass is 28.3. The van der Waals surface area contributed by atoms with Crippen LogP contribution in [0, 0.1) is 0 Å². The fraction of sp³-hybridized carbons (Fsp3) is 1.00. The number of rotatable bonds is 5. The molecule has 0 aliphatic rings. The molecule has 0 fully saturated rings. The monoisotopic (exact) mass is 202 g/mol. The first-order valence-corrected chi connectivity index (χ1v) is 9.04. The number of hydrogen-bond acceptors (Lipinski definition) is 2. The molecule has 0 heterocycles. The third-order valence-electron chi connectivity index (χ3n) is 2.24. The van der Waals surface area contributed by atoms with Crippen LogP contribution in [0.25, 0.3) is 0 Å². The molecule has 0 radical (unpaired) electrons. The van der Waals surface area contributed by atoms with Gasteiger partial charge in [0.15, 0.2) is 0 Å². The van der Waals surface area contributed by atoms with Gasteiger partial charge < -0.3 is 8.45 Å². The van der Waals surface area contributed by atoms with E-state index in [-0.39, 0.29) is 0 Å². The summed E-state index contributed by atoms with van der Waals surface area (Å²) < 4.78 is 2.68. The summed E-state index contributed by atoms with van der Waals surface area (Å²) in [5.41, 5.74) is 0. The van der Waals surface area contributed by atoms with Crippen LogP contribution in [0.3, 0.4) is 0 Å². The van der Waals surface area contributed by atoms with Gasteiger partial charge in [0.25, 0.3) is 0 Å². The molecule has 0 saturated carbocycles. The van der Waals surface area contributed by atoms with Crippen molar-refractivity contribution in [1.82, 2.24) is 8.45 Å². The molecule has 0 aromatic heterocycles. The van der Waals surface area contributed by atoms with Gasteiger partial charge in [0.05, 0.1) is 8.24 Å². The third kappa shape index (κ3) is 6.21. The maximum Gasteiger partial charge on any atom is 0.314 e. The molecule has 0 aromatic carbocycles. The summed E-state index contributed by atoms with van der Waals surface area (Å²) in [7, 11) is 3.33. The highest BCUT2D eigenvalue weighted by Crippen LogP contribution is 2.05. The SMILES string of the molecule is CN(C)CCC[N]([AlH2])[Si](C)(C)C. The second-order valence-corrected chi connectivity index (χ2v) is 11.8. The van der Waals surface area contributed by atoms with Gasteiger partial charge >= 0.3 is 16.5 Å². The Balaban J connectivity index is 3.51. The van der Waals surface area contributed by atoms with E-state index in [1.54, 1.807) is 0 Å². The van der Waals surface area contributed by atoms with Crippen LogP contribution < -0.4 is 0 Å². The van der Waals surface area contributed by atoms with Gasteiger partial charge in [-0.25, -0.2) is 0 Å². The zero-order valence-corrected chi connectivity index (χ0v) is 12.5. The normalized spacial score (nSPS) is 12.9. The number of hydrogen-bond donors (Lipinski definition) is 0. The van der Waals surface area contributed by atoms with Crippen LogP contribution >= 0.6 is 0 Å². The Morgan fingerprint density at radius 3 is 1.92 bits per heavy atom. The maximum atomic E-state index is 2.68. The van der Waals surface area contributed by atoms with Gasteiger partial charge in [-0.2, -0.15) is 0 Å². The Kier molecular flexibility index (Phi) is 5.71. The molecule has 72 valence electrons. The lowest BCUT2D eigenvalue weighted by Crippen LogP contribution is -2.45. The Morgan fingerprint density at radius 1 is 1.08 bits per heavy atom. The van der Waals surface area contributed by atoms with Crippen molar-refractivity contribution in [3.63, 3.8) is 0 Å². The van der Waals surface area contributed by atoms with Gasteiger partial charge in [-0.15, -0.1) is 0 Å². The van der Waals surface area contributed by atoms with E-state index in [9.17, 15) is 0 Å². The average Bonchev–Trinajstić information content (AvgIpc) is 1.84. The average molecular weight is 202 g/mol. The Morgan fingerprint density at radius 2 is 1.58 bits per heavy atom. The van der Waals surface area contributed by atoms with Crippen LogP contribution in [0.15, 0.2) is 0 Å². The number of nitrogens with zero attached hydrogens (tertiary/aromatic N) is 2. The highest BCUT2D eigenvalue weighted by Gasteiger charge is 2.17. The van der Waals surface area contributed by atoms with E-state index in [0.29, 0.717) is 0 Å². The summed E-state index contributed by atoms with van der Waals surface area (Å²) in [5, 5.41) is 0. The lowest BCUT2D eigenvalue weighted by Gasteiger charge is -2.32. The molecule has 0 rings (SSSR count). The molecule has 0 atom stereocenters. The van der Waals surface area contributed by atoms with E-state index in [1.807, 2.05) is 0 Å². The van der Waals surface area contributed by atoms with E-state index in [1.165, 1.54) is 36.0 Å². The van der Waals surface area contributed by atoms with Crippen LogP contribution in [-0.2, 0) is 0 Å². The summed E-state index contributed by atoms with van der Waals surface area (Å²) in [5.74, 6) is 0. The standard InChI is InChI=1S/C8H21N2Si.Al.2H/c1-10(2)8-6-7-9-11(3,4)5;;;/h6-8H2,1-5H3;;;/q-1;+1;;. The first-order chi connectivity index (χ1) is 5.34. The van der Waals surface area contributed by atoms with E-state index in [0.717, 1.165) is 0 Å². The topological polar surface area (TPSA) is 6.48 Å². The summed E-state index contributed by atoms with van der Waals surface area (Å²) in [6.07, 6.45) is 1.32. The third-order valence-corrected chi connectivity index (χ3v) is 9.23. The molecule has 0 spiro atoms. The predicted octanol–water partition coefficient (Wildman–Crippen LogP) is 0.623. The van der Waals surface area contributed by atoms with Gasteiger partial charge in [0.1, 0.15) is 0 Å². The molecule has 0 aliphatic carbocycles. The first-order valence-electron chi connectivity index (χ1n) is 4.70. The van der Waals surface area contributed by atoms with Crippen molar-refractivity contribution in [2.45, 2.75) is 26.1 Å². The van der Waals surface area contributed by atoms with Gasteiger partial charge in [0, 0.05) is 0 Å². The van der Waals surface area contributed by atoms with Crippen LogP contribution in [0.2, 0.25) is 19.6 Å². The van der Waals surface area contributed by atoms with Gasteiger partial charge in [0.2, 0.25) is 0 Å². The second-order valence-electron chi connectivity index (χ2n) is 4.75. The van der Waals surface area contributed by atoms with E-state index in [4.69, 9.17) is 0 Å². The van der Waals surface area contributed by atoms with Crippen molar-refractivity contribution in [2.24, 2.45) is 0 Å². The van der Waals surface area contributed by atoms with E-state index in [2.05, 4.69) is 42.2 Å². The zero-order chi connectivity index (χ0) is 9.78. The molecule has 0 unspecified atom stereocenters. The minimum absolute atomic E-state index is 0.956. The van der Waals surface area contributed by atoms with Crippen molar-refractivity contribution in [3.05, 3.63) is 0 Å². The Labute approximate surface area is 86.7 Å². The van der Waals surface area contributed by atoms with Crippen LogP contribution in [0.4, 0.5) is 0 Å². The minimum atomic E-state index is -0.956. The molecular formula is C8H23AlN2Si.